The number of imidazole rings is 1. The molecule has 0 aliphatic heterocycles. The van der Waals surface area contributed by atoms with E-state index < -0.39 is 0 Å². The minimum Gasteiger partial charge on any atom is -0.325 e. The Balaban J connectivity index is 2.34. The lowest BCUT2D eigenvalue weighted by Crippen LogP contribution is -2.04. The Hall–Kier alpha value is -1.65. The summed E-state index contributed by atoms with van der Waals surface area (Å²) in [4.78, 5) is 5.63. The van der Waals surface area contributed by atoms with Crippen LogP contribution in [0.15, 0.2) is 41.9 Å². The van der Waals surface area contributed by atoms with Crippen molar-refractivity contribution in [3.05, 3.63) is 47.6 Å². The highest BCUT2D eigenvalue weighted by molar-refractivity contribution is 7.13. The molecule has 0 unspecified atom stereocenters. The van der Waals surface area contributed by atoms with Crippen LogP contribution >= 0.6 is 11.3 Å². The average molecular weight is 229 g/mol. The Morgan fingerprint density at radius 2 is 2.19 bits per heavy atom. The maximum Gasteiger partial charge on any atom is 0.154 e. The van der Waals surface area contributed by atoms with Crippen LogP contribution in [0.2, 0.25) is 0 Å². The van der Waals surface area contributed by atoms with E-state index in [1.165, 1.54) is 4.88 Å². The molecule has 0 aliphatic carbocycles. The normalized spacial score (nSPS) is 11.1. The Morgan fingerprint density at radius 1 is 1.25 bits per heavy atom. The van der Waals surface area contributed by atoms with Crippen LogP contribution in [0.4, 0.5) is 0 Å². The van der Waals surface area contributed by atoms with Gasteiger partial charge in [-0.3, -0.25) is 4.40 Å². The lowest BCUT2D eigenvalue weighted by Gasteiger charge is -2.05. The number of hydrogen-bond acceptors (Lipinski definition) is 3. The minimum atomic E-state index is 0.520. The first-order valence-electron chi connectivity index (χ1n) is 5.09. The van der Waals surface area contributed by atoms with Gasteiger partial charge in [-0.05, 0) is 23.6 Å². The van der Waals surface area contributed by atoms with Gasteiger partial charge in [-0.15, -0.1) is 11.3 Å². The summed E-state index contributed by atoms with van der Waals surface area (Å²) in [5.74, 6) is 0.978. The quantitative estimate of drug-likeness (QED) is 0.733. The van der Waals surface area contributed by atoms with E-state index in [-0.39, 0.29) is 0 Å². The molecule has 3 heterocycles. The topological polar surface area (TPSA) is 43.3 Å². The van der Waals surface area contributed by atoms with Gasteiger partial charge >= 0.3 is 0 Å². The molecule has 0 saturated heterocycles. The van der Waals surface area contributed by atoms with E-state index in [0.717, 1.165) is 17.0 Å². The van der Waals surface area contributed by atoms with Crippen molar-refractivity contribution in [2.45, 2.75) is 6.54 Å². The third-order valence-electron chi connectivity index (χ3n) is 2.58. The van der Waals surface area contributed by atoms with Gasteiger partial charge in [0.05, 0.1) is 16.6 Å². The van der Waals surface area contributed by atoms with Crippen LogP contribution in [-0.4, -0.2) is 9.38 Å². The highest BCUT2D eigenvalue weighted by atomic mass is 32.1. The Kier molecular flexibility index (Phi) is 2.23. The van der Waals surface area contributed by atoms with Gasteiger partial charge in [-0.2, -0.15) is 0 Å². The van der Waals surface area contributed by atoms with Crippen LogP contribution in [0.25, 0.3) is 16.2 Å². The van der Waals surface area contributed by atoms with Gasteiger partial charge in [-0.25, -0.2) is 4.98 Å². The van der Waals surface area contributed by atoms with Crippen LogP contribution in [0, 0.1) is 0 Å². The molecule has 0 aliphatic rings. The maximum atomic E-state index is 5.75. The lowest BCUT2D eigenvalue weighted by atomic mass is 10.3. The molecule has 0 spiro atoms. The van der Waals surface area contributed by atoms with Crippen LogP contribution in [0.3, 0.4) is 0 Å². The zero-order chi connectivity index (χ0) is 11.0. The first-order chi connectivity index (χ1) is 7.90. The molecule has 0 aromatic carbocycles. The zero-order valence-electron chi connectivity index (χ0n) is 8.63. The predicted octanol–water partition coefficient (Wildman–Crippen LogP) is 2.52. The smallest absolute Gasteiger partial charge is 0.154 e. The number of pyridine rings is 1. The highest BCUT2D eigenvalue weighted by Crippen LogP contribution is 2.25. The number of thiophene rings is 1. The predicted molar refractivity (Wildman–Crippen MR) is 66.4 cm³/mol. The summed E-state index contributed by atoms with van der Waals surface area (Å²) in [5, 5.41) is 2.06. The first-order valence-corrected chi connectivity index (χ1v) is 5.97. The SMILES string of the molecule is NCc1cccc2cnc(-c3cccs3)n12. The van der Waals surface area contributed by atoms with Gasteiger partial charge in [0.15, 0.2) is 5.82 Å². The largest absolute Gasteiger partial charge is 0.325 e. The first kappa shape index (κ1) is 9.57. The fourth-order valence-corrected chi connectivity index (χ4v) is 2.57. The highest BCUT2D eigenvalue weighted by Gasteiger charge is 2.09. The molecule has 0 saturated carbocycles. The molecule has 4 heteroatoms. The molecule has 0 atom stereocenters. The van der Waals surface area contributed by atoms with E-state index in [0.29, 0.717) is 6.54 Å². The fourth-order valence-electron chi connectivity index (χ4n) is 1.86. The van der Waals surface area contributed by atoms with Crippen molar-refractivity contribution in [3.8, 4) is 10.7 Å². The van der Waals surface area contributed by atoms with E-state index in [9.17, 15) is 0 Å². The summed E-state index contributed by atoms with van der Waals surface area (Å²) in [6.07, 6.45) is 1.88. The van der Waals surface area contributed by atoms with Crippen molar-refractivity contribution in [2.24, 2.45) is 5.73 Å². The molecule has 0 amide bonds. The van der Waals surface area contributed by atoms with Gasteiger partial charge in [0, 0.05) is 12.2 Å². The van der Waals surface area contributed by atoms with Gasteiger partial charge in [-0.1, -0.05) is 12.1 Å². The van der Waals surface area contributed by atoms with Crippen molar-refractivity contribution in [2.75, 3.05) is 0 Å². The average Bonchev–Trinajstić information content (AvgIpc) is 2.96. The van der Waals surface area contributed by atoms with Gasteiger partial charge in [0.2, 0.25) is 0 Å². The standard InChI is InChI=1S/C12H11N3S/c13-7-9-3-1-4-10-8-14-12(15(9)10)11-5-2-6-16-11/h1-6,8H,7,13H2. The second-order valence-corrected chi connectivity index (χ2v) is 4.49. The number of rotatable bonds is 2. The molecule has 3 aromatic heterocycles. The van der Waals surface area contributed by atoms with E-state index >= 15 is 0 Å². The van der Waals surface area contributed by atoms with Crippen molar-refractivity contribution >= 4 is 16.9 Å². The summed E-state index contributed by atoms with van der Waals surface area (Å²) in [6.45, 7) is 0.520. The maximum absolute atomic E-state index is 5.75. The van der Waals surface area contributed by atoms with Gasteiger partial charge < -0.3 is 5.73 Å². The Bertz CT molecular complexity index is 610. The van der Waals surface area contributed by atoms with E-state index in [1.807, 2.05) is 30.5 Å². The summed E-state index contributed by atoms with van der Waals surface area (Å²) in [6, 6.07) is 10.2. The molecule has 3 rings (SSSR count). The molecule has 3 nitrogen and oxygen atoms in total. The van der Waals surface area contributed by atoms with E-state index in [4.69, 9.17) is 5.73 Å². The van der Waals surface area contributed by atoms with Crippen molar-refractivity contribution < 1.29 is 0 Å². The van der Waals surface area contributed by atoms with Crippen LogP contribution in [0.1, 0.15) is 5.69 Å². The Labute approximate surface area is 97.2 Å². The van der Waals surface area contributed by atoms with E-state index in [1.54, 1.807) is 11.3 Å². The number of nitrogens with zero attached hydrogens (tertiary/aromatic N) is 2. The monoisotopic (exact) mass is 229 g/mol. The second kappa shape index (κ2) is 3.73. The van der Waals surface area contributed by atoms with Crippen molar-refractivity contribution in [1.82, 2.24) is 9.38 Å². The number of fused-ring (bicyclic) bond motifs is 1. The number of aromatic nitrogens is 2. The summed E-state index contributed by atoms with van der Waals surface area (Å²) in [7, 11) is 0. The second-order valence-electron chi connectivity index (χ2n) is 3.54. The molecular weight excluding hydrogens is 218 g/mol. The van der Waals surface area contributed by atoms with Crippen molar-refractivity contribution in [1.29, 1.82) is 0 Å². The van der Waals surface area contributed by atoms with Crippen LogP contribution in [-0.2, 0) is 6.54 Å². The summed E-state index contributed by atoms with van der Waals surface area (Å²) < 4.78 is 2.12. The van der Waals surface area contributed by atoms with Gasteiger partial charge in [0.1, 0.15) is 0 Å². The van der Waals surface area contributed by atoms with Crippen molar-refractivity contribution in [3.63, 3.8) is 0 Å². The molecule has 0 bridgehead atoms. The fraction of sp³-hybridized carbons (Fsp3) is 0.0833. The lowest BCUT2D eigenvalue weighted by molar-refractivity contribution is 0.947. The molecule has 2 N–H and O–H groups in total. The summed E-state index contributed by atoms with van der Waals surface area (Å²) >= 11 is 1.69. The molecule has 80 valence electrons. The Morgan fingerprint density at radius 3 is 2.94 bits per heavy atom. The molecular formula is C12H11N3S. The third kappa shape index (κ3) is 1.35. The van der Waals surface area contributed by atoms with Crippen LogP contribution < -0.4 is 5.73 Å². The molecule has 0 fully saturated rings. The van der Waals surface area contributed by atoms with E-state index in [2.05, 4.69) is 20.8 Å². The number of hydrogen-bond donors (Lipinski definition) is 1. The van der Waals surface area contributed by atoms with Gasteiger partial charge in [0.25, 0.3) is 0 Å². The summed E-state index contributed by atoms with van der Waals surface area (Å²) in [5.41, 5.74) is 7.92. The molecule has 3 aromatic rings. The number of nitrogens with two attached hydrogens (primary N) is 1. The third-order valence-corrected chi connectivity index (χ3v) is 3.45. The zero-order valence-corrected chi connectivity index (χ0v) is 9.45. The van der Waals surface area contributed by atoms with Crippen LogP contribution in [0.5, 0.6) is 0 Å². The molecule has 0 radical (unpaired) electrons. The molecule has 16 heavy (non-hydrogen) atoms. The minimum absolute atomic E-state index is 0.520.